The van der Waals surface area contributed by atoms with E-state index in [9.17, 15) is 4.79 Å². The fourth-order valence-electron chi connectivity index (χ4n) is 1.89. The molecule has 0 aliphatic heterocycles. The summed E-state index contributed by atoms with van der Waals surface area (Å²) in [6.07, 6.45) is 4.59. The van der Waals surface area contributed by atoms with Gasteiger partial charge in [-0.2, -0.15) is 0 Å². The second-order valence-corrected chi connectivity index (χ2v) is 4.77. The van der Waals surface area contributed by atoms with Crippen LogP contribution in [0, 0.1) is 0 Å². The average Bonchev–Trinajstić information content (AvgIpc) is 2.48. The van der Waals surface area contributed by atoms with Crippen molar-refractivity contribution in [2.45, 2.75) is 26.2 Å². The van der Waals surface area contributed by atoms with Crippen LogP contribution in [-0.4, -0.2) is 16.1 Å². The number of benzene rings is 1. The van der Waals surface area contributed by atoms with Crippen molar-refractivity contribution in [3.63, 3.8) is 0 Å². The van der Waals surface area contributed by atoms with Crippen molar-refractivity contribution in [3.05, 3.63) is 47.7 Å². The van der Waals surface area contributed by atoms with E-state index >= 15 is 0 Å². The molecule has 1 aromatic heterocycles. The van der Waals surface area contributed by atoms with Gasteiger partial charge in [-0.25, -0.2) is 9.78 Å². The maximum atomic E-state index is 10.8. The van der Waals surface area contributed by atoms with Gasteiger partial charge in [0, 0.05) is 6.20 Å². The van der Waals surface area contributed by atoms with Crippen LogP contribution < -0.4 is 10.5 Å². The predicted molar refractivity (Wildman–Crippen MR) is 80.7 cm³/mol. The molecule has 0 bridgehead atoms. The van der Waals surface area contributed by atoms with Crippen LogP contribution in [0.15, 0.2) is 36.5 Å². The SMILES string of the molecule is CCCCc1ccc(Oc2ncc(C(=O)O)cc2N)cc1. The number of carboxylic acid groups (broad SMARTS) is 1. The number of carboxylic acids is 1. The molecule has 0 fully saturated rings. The van der Waals surface area contributed by atoms with E-state index in [1.807, 2.05) is 24.3 Å². The first-order valence-electron chi connectivity index (χ1n) is 6.85. The maximum Gasteiger partial charge on any atom is 0.337 e. The number of aromatic carboxylic acids is 1. The predicted octanol–water partition coefficient (Wildman–Crippen LogP) is 3.50. The summed E-state index contributed by atoms with van der Waals surface area (Å²) in [5, 5.41) is 8.85. The van der Waals surface area contributed by atoms with Gasteiger partial charge in [0.15, 0.2) is 0 Å². The number of nitrogens with two attached hydrogens (primary N) is 1. The number of anilines is 1. The molecule has 2 aromatic rings. The summed E-state index contributed by atoms with van der Waals surface area (Å²) in [6.45, 7) is 2.16. The highest BCUT2D eigenvalue weighted by atomic mass is 16.5. The third kappa shape index (κ3) is 3.95. The van der Waals surface area contributed by atoms with Crippen LogP contribution in [0.2, 0.25) is 0 Å². The zero-order valence-corrected chi connectivity index (χ0v) is 11.9. The number of hydrogen-bond donors (Lipinski definition) is 2. The zero-order chi connectivity index (χ0) is 15.2. The van der Waals surface area contributed by atoms with Crippen LogP contribution in [0.3, 0.4) is 0 Å². The lowest BCUT2D eigenvalue weighted by molar-refractivity contribution is 0.0696. The Morgan fingerprint density at radius 2 is 2.05 bits per heavy atom. The van der Waals surface area contributed by atoms with Crippen molar-refractivity contribution >= 4 is 11.7 Å². The van der Waals surface area contributed by atoms with Gasteiger partial charge in [0.2, 0.25) is 5.88 Å². The van der Waals surface area contributed by atoms with Gasteiger partial charge in [0.05, 0.1) is 11.3 Å². The van der Waals surface area contributed by atoms with Crippen molar-refractivity contribution in [3.8, 4) is 11.6 Å². The Balaban J connectivity index is 2.09. The number of aromatic nitrogens is 1. The van der Waals surface area contributed by atoms with Crippen LogP contribution in [0.5, 0.6) is 11.6 Å². The lowest BCUT2D eigenvalue weighted by Gasteiger charge is -2.08. The van der Waals surface area contributed by atoms with Crippen LogP contribution >= 0.6 is 0 Å². The van der Waals surface area contributed by atoms with Gasteiger partial charge in [-0.1, -0.05) is 25.5 Å². The Kier molecular flexibility index (Phi) is 4.77. The molecule has 0 aliphatic rings. The molecule has 0 aliphatic carbocycles. The molecule has 0 amide bonds. The van der Waals surface area contributed by atoms with Crippen LogP contribution in [-0.2, 0) is 6.42 Å². The highest BCUT2D eigenvalue weighted by Crippen LogP contribution is 2.26. The molecule has 110 valence electrons. The van der Waals surface area contributed by atoms with E-state index in [0.717, 1.165) is 19.3 Å². The highest BCUT2D eigenvalue weighted by molar-refractivity contribution is 5.88. The molecule has 0 saturated carbocycles. The quantitative estimate of drug-likeness (QED) is 0.848. The number of nitrogens with zero attached hydrogens (tertiary/aromatic N) is 1. The Morgan fingerprint density at radius 1 is 1.33 bits per heavy atom. The first kappa shape index (κ1) is 14.8. The summed E-state index contributed by atoms with van der Waals surface area (Å²) in [7, 11) is 0. The van der Waals surface area contributed by atoms with Crippen molar-refractivity contribution in [2.75, 3.05) is 5.73 Å². The minimum atomic E-state index is -1.07. The molecule has 2 rings (SSSR count). The number of pyridine rings is 1. The number of nitrogen functional groups attached to an aromatic ring is 1. The van der Waals surface area contributed by atoms with Gasteiger partial charge in [-0.15, -0.1) is 0 Å². The first-order valence-corrected chi connectivity index (χ1v) is 6.85. The van der Waals surface area contributed by atoms with E-state index < -0.39 is 5.97 Å². The highest BCUT2D eigenvalue weighted by Gasteiger charge is 2.09. The number of carbonyl (C=O) groups is 1. The monoisotopic (exact) mass is 286 g/mol. The van der Waals surface area contributed by atoms with E-state index in [1.165, 1.54) is 17.8 Å². The molecule has 0 radical (unpaired) electrons. The van der Waals surface area contributed by atoms with Gasteiger partial charge in [-0.05, 0) is 36.6 Å². The number of unbranched alkanes of at least 4 members (excludes halogenated alkanes) is 1. The standard InChI is InChI=1S/C16H18N2O3/c1-2-3-4-11-5-7-13(8-6-11)21-15-14(17)9-12(10-18-15)16(19)20/h5-10H,2-4,17H2,1H3,(H,19,20). The molecular weight excluding hydrogens is 268 g/mol. The van der Waals surface area contributed by atoms with E-state index in [2.05, 4.69) is 11.9 Å². The minimum absolute atomic E-state index is 0.0368. The fraction of sp³-hybridized carbons (Fsp3) is 0.250. The smallest absolute Gasteiger partial charge is 0.337 e. The van der Waals surface area contributed by atoms with Gasteiger partial charge < -0.3 is 15.6 Å². The molecule has 0 spiro atoms. The van der Waals surface area contributed by atoms with Gasteiger partial charge in [0.1, 0.15) is 5.75 Å². The molecular formula is C16H18N2O3. The van der Waals surface area contributed by atoms with Crippen LogP contribution in [0.4, 0.5) is 5.69 Å². The van der Waals surface area contributed by atoms with Crippen molar-refractivity contribution in [2.24, 2.45) is 0 Å². The van der Waals surface area contributed by atoms with Gasteiger partial charge in [-0.3, -0.25) is 0 Å². The minimum Gasteiger partial charge on any atom is -0.478 e. The molecule has 5 nitrogen and oxygen atoms in total. The number of rotatable bonds is 6. The van der Waals surface area contributed by atoms with Gasteiger partial charge >= 0.3 is 5.97 Å². The average molecular weight is 286 g/mol. The Labute approximate surface area is 123 Å². The molecule has 0 saturated heterocycles. The first-order chi connectivity index (χ1) is 10.1. The summed E-state index contributed by atoms with van der Waals surface area (Å²) in [4.78, 5) is 14.7. The summed E-state index contributed by atoms with van der Waals surface area (Å²) < 4.78 is 5.57. The summed E-state index contributed by atoms with van der Waals surface area (Å²) >= 11 is 0. The molecule has 5 heteroatoms. The molecule has 21 heavy (non-hydrogen) atoms. The van der Waals surface area contributed by atoms with E-state index in [1.54, 1.807) is 0 Å². The molecule has 0 atom stereocenters. The summed E-state index contributed by atoms with van der Waals surface area (Å²) in [6, 6.07) is 9.06. The molecule has 1 aromatic carbocycles. The molecule has 1 heterocycles. The Hall–Kier alpha value is -2.56. The number of ether oxygens (including phenoxy) is 1. The Bertz CT molecular complexity index is 624. The lowest BCUT2D eigenvalue weighted by atomic mass is 10.1. The second-order valence-electron chi connectivity index (χ2n) is 4.77. The van der Waals surface area contributed by atoms with Crippen molar-refractivity contribution < 1.29 is 14.6 Å². The second kappa shape index (κ2) is 6.74. The van der Waals surface area contributed by atoms with Crippen LogP contribution in [0.1, 0.15) is 35.7 Å². The fourth-order valence-corrected chi connectivity index (χ4v) is 1.89. The van der Waals surface area contributed by atoms with E-state index in [0.29, 0.717) is 5.75 Å². The maximum absolute atomic E-state index is 10.8. The van der Waals surface area contributed by atoms with Crippen molar-refractivity contribution in [1.29, 1.82) is 0 Å². The summed E-state index contributed by atoms with van der Waals surface area (Å²) in [5.41, 5.74) is 7.24. The van der Waals surface area contributed by atoms with Crippen molar-refractivity contribution in [1.82, 2.24) is 4.98 Å². The van der Waals surface area contributed by atoms with E-state index in [-0.39, 0.29) is 17.1 Å². The third-order valence-corrected chi connectivity index (χ3v) is 3.08. The van der Waals surface area contributed by atoms with Crippen LogP contribution in [0.25, 0.3) is 0 Å². The topological polar surface area (TPSA) is 85.4 Å². The molecule has 3 N–H and O–H groups in total. The van der Waals surface area contributed by atoms with E-state index in [4.69, 9.17) is 15.6 Å². The summed E-state index contributed by atoms with van der Waals surface area (Å²) in [5.74, 6) is -0.236. The third-order valence-electron chi connectivity index (χ3n) is 3.08. The number of hydrogen-bond acceptors (Lipinski definition) is 4. The van der Waals surface area contributed by atoms with Gasteiger partial charge in [0.25, 0.3) is 0 Å². The normalized spacial score (nSPS) is 10.3. The largest absolute Gasteiger partial charge is 0.478 e. The Morgan fingerprint density at radius 3 is 2.62 bits per heavy atom. The lowest BCUT2D eigenvalue weighted by Crippen LogP contribution is -2.01. The molecule has 0 unspecified atom stereocenters. The number of aryl methyl sites for hydroxylation is 1. The zero-order valence-electron chi connectivity index (χ0n) is 11.9.